The van der Waals surface area contributed by atoms with Crippen molar-refractivity contribution in [1.29, 1.82) is 0 Å². The number of anilines is 1. The molecule has 1 N–H and O–H groups in total. The average Bonchev–Trinajstić information content (AvgIpc) is 2.58. The van der Waals surface area contributed by atoms with Crippen LogP contribution in [0.5, 0.6) is 0 Å². The van der Waals surface area contributed by atoms with Crippen LogP contribution in [0.15, 0.2) is 18.5 Å². The van der Waals surface area contributed by atoms with E-state index >= 15 is 0 Å². The minimum absolute atomic E-state index is 0.275. The maximum atomic E-state index is 8.74. The van der Waals surface area contributed by atoms with Crippen LogP contribution in [0, 0.1) is 0 Å². The number of hydrogen-bond donors (Lipinski definition) is 1. The van der Waals surface area contributed by atoms with Gasteiger partial charge in [0.15, 0.2) is 0 Å². The second-order valence-corrected chi connectivity index (χ2v) is 3.32. The molecule has 0 bridgehead atoms. The van der Waals surface area contributed by atoms with Gasteiger partial charge < -0.3 is 10.0 Å². The van der Waals surface area contributed by atoms with Crippen molar-refractivity contribution in [3.63, 3.8) is 0 Å². The highest BCUT2D eigenvalue weighted by Gasteiger charge is 2.17. The van der Waals surface area contributed by atoms with Gasteiger partial charge in [-0.2, -0.15) is 0 Å². The average molecular weight is 178 g/mol. The number of aromatic nitrogens is 1. The molecule has 0 saturated carbocycles. The van der Waals surface area contributed by atoms with Crippen LogP contribution in [0.4, 0.5) is 5.69 Å². The molecule has 3 heteroatoms. The summed E-state index contributed by atoms with van der Waals surface area (Å²) in [5.74, 6) is 0. The van der Waals surface area contributed by atoms with Gasteiger partial charge in [-0.25, -0.2) is 0 Å². The molecule has 0 unspecified atom stereocenters. The van der Waals surface area contributed by atoms with Crippen LogP contribution in [0.25, 0.3) is 0 Å². The Balaban J connectivity index is 2.09. The first-order valence-corrected chi connectivity index (χ1v) is 4.70. The fourth-order valence-electron chi connectivity index (χ4n) is 1.79. The topological polar surface area (TPSA) is 36.4 Å². The Hall–Kier alpha value is -1.09. The highest BCUT2D eigenvalue weighted by Crippen LogP contribution is 2.26. The van der Waals surface area contributed by atoms with Gasteiger partial charge in [-0.3, -0.25) is 4.98 Å². The molecule has 1 aromatic heterocycles. The van der Waals surface area contributed by atoms with Gasteiger partial charge in [0.05, 0.1) is 0 Å². The molecule has 0 spiro atoms. The smallest absolute Gasteiger partial charge is 0.0447 e. The monoisotopic (exact) mass is 178 g/mol. The maximum Gasteiger partial charge on any atom is 0.0447 e. The SMILES string of the molecule is OCCCN1CCc2cnccc21. The van der Waals surface area contributed by atoms with Gasteiger partial charge in [-0.05, 0) is 24.5 Å². The van der Waals surface area contributed by atoms with Crippen molar-refractivity contribution in [2.45, 2.75) is 12.8 Å². The van der Waals surface area contributed by atoms with E-state index in [0.717, 1.165) is 25.9 Å². The summed E-state index contributed by atoms with van der Waals surface area (Å²) in [5, 5.41) is 8.74. The predicted octanol–water partition coefficient (Wildman–Crippen LogP) is 0.826. The molecule has 0 aliphatic carbocycles. The highest BCUT2D eigenvalue weighted by atomic mass is 16.3. The van der Waals surface area contributed by atoms with E-state index in [2.05, 4.69) is 16.0 Å². The van der Waals surface area contributed by atoms with E-state index < -0.39 is 0 Å². The summed E-state index contributed by atoms with van der Waals surface area (Å²) in [7, 11) is 0. The van der Waals surface area contributed by atoms with E-state index in [1.54, 1.807) is 0 Å². The van der Waals surface area contributed by atoms with Crippen molar-refractivity contribution in [3.05, 3.63) is 24.0 Å². The fraction of sp³-hybridized carbons (Fsp3) is 0.500. The van der Waals surface area contributed by atoms with Crippen LogP contribution in [0.2, 0.25) is 0 Å². The van der Waals surface area contributed by atoms with Gasteiger partial charge in [-0.1, -0.05) is 0 Å². The maximum absolute atomic E-state index is 8.74. The summed E-state index contributed by atoms with van der Waals surface area (Å²) in [4.78, 5) is 6.41. The molecular weight excluding hydrogens is 164 g/mol. The molecule has 13 heavy (non-hydrogen) atoms. The molecule has 0 saturated heterocycles. The van der Waals surface area contributed by atoms with Crippen LogP contribution in [0.3, 0.4) is 0 Å². The van der Waals surface area contributed by atoms with E-state index in [0.29, 0.717) is 0 Å². The third-order valence-corrected chi connectivity index (χ3v) is 2.46. The minimum Gasteiger partial charge on any atom is -0.396 e. The second kappa shape index (κ2) is 3.75. The van der Waals surface area contributed by atoms with Crippen LogP contribution >= 0.6 is 0 Å². The zero-order valence-corrected chi connectivity index (χ0v) is 7.61. The third-order valence-electron chi connectivity index (χ3n) is 2.46. The molecule has 70 valence electrons. The standard InChI is InChI=1S/C10H14N2O/c13-7-1-5-12-6-3-9-8-11-4-2-10(9)12/h2,4,8,13H,1,3,5-7H2. The largest absolute Gasteiger partial charge is 0.396 e. The van der Waals surface area contributed by atoms with Crippen molar-refractivity contribution in [1.82, 2.24) is 4.98 Å². The zero-order valence-electron chi connectivity index (χ0n) is 7.61. The van der Waals surface area contributed by atoms with Gasteiger partial charge in [0.1, 0.15) is 0 Å². The van der Waals surface area contributed by atoms with Crippen LogP contribution in [-0.4, -0.2) is 29.8 Å². The Morgan fingerprint density at radius 3 is 3.31 bits per heavy atom. The third kappa shape index (κ3) is 1.65. The molecule has 0 amide bonds. The van der Waals surface area contributed by atoms with Crippen molar-refractivity contribution in [2.24, 2.45) is 0 Å². The Kier molecular flexibility index (Phi) is 2.45. The van der Waals surface area contributed by atoms with Crippen molar-refractivity contribution < 1.29 is 5.11 Å². The molecule has 1 aliphatic heterocycles. The molecule has 2 heterocycles. The summed E-state index contributed by atoms with van der Waals surface area (Å²) in [6.07, 6.45) is 5.71. The number of aliphatic hydroxyl groups excluding tert-OH is 1. The number of aliphatic hydroxyl groups is 1. The van der Waals surface area contributed by atoms with E-state index in [4.69, 9.17) is 5.11 Å². The summed E-state index contributed by atoms with van der Waals surface area (Å²) >= 11 is 0. The van der Waals surface area contributed by atoms with Crippen molar-refractivity contribution in [3.8, 4) is 0 Å². The first-order valence-electron chi connectivity index (χ1n) is 4.70. The zero-order chi connectivity index (χ0) is 9.10. The lowest BCUT2D eigenvalue weighted by molar-refractivity contribution is 0.290. The van der Waals surface area contributed by atoms with Gasteiger partial charge in [0, 0.05) is 37.8 Å². The van der Waals surface area contributed by atoms with Gasteiger partial charge in [0.2, 0.25) is 0 Å². The number of hydrogen-bond acceptors (Lipinski definition) is 3. The number of fused-ring (bicyclic) bond motifs is 1. The van der Waals surface area contributed by atoms with Gasteiger partial charge >= 0.3 is 0 Å². The lowest BCUT2D eigenvalue weighted by Gasteiger charge is -2.18. The first-order chi connectivity index (χ1) is 6.42. The van der Waals surface area contributed by atoms with Gasteiger partial charge in [0.25, 0.3) is 0 Å². The summed E-state index contributed by atoms with van der Waals surface area (Å²) in [6.45, 7) is 2.30. The first kappa shape index (κ1) is 8.51. The molecule has 1 aromatic rings. The van der Waals surface area contributed by atoms with Crippen molar-refractivity contribution >= 4 is 5.69 Å². The number of pyridine rings is 1. The summed E-state index contributed by atoms with van der Waals surface area (Å²) in [6, 6.07) is 2.06. The lowest BCUT2D eigenvalue weighted by atomic mass is 10.2. The lowest BCUT2D eigenvalue weighted by Crippen LogP contribution is -2.22. The van der Waals surface area contributed by atoms with Gasteiger partial charge in [-0.15, -0.1) is 0 Å². The molecule has 0 fully saturated rings. The van der Waals surface area contributed by atoms with Crippen LogP contribution in [0.1, 0.15) is 12.0 Å². The van der Waals surface area contributed by atoms with Crippen LogP contribution < -0.4 is 4.90 Å². The van der Waals surface area contributed by atoms with E-state index in [-0.39, 0.29) is 6.61 Å². The molecule has 0 radical (unpaired) electrons. The van der Waals surface area contributed by atoms with Crippen molar-refractivity contribution in [2.75, 3.05) is 24.6 Å². The Morgan fingerprint density at radius 2 is 2.46 bits per heavy atom. The normalized spacial score (nSPS) is 14.7. The Morgan fingerprint density at radius 1 is 1.54 bits per heavy atom. The molecule has 1 aliphatic rings. The fourth-order valence-corrected chi connectivity index (χ4v) is 1.79. The quantitative estimate of drug-likeness (QED) is 0.744. The number of rotatable bonds is 3. The highest BCUT2D eigenvalue weighted by molar-refractivity contribution is 5.56. The summed E-state index contributed by atoms with van der Waals surface area (Å²) in [5.41, 5.74) is 2.63. The predicted molar refractivity (Wildman–Crippen MR) is 51.9 cm³/mol. The molecular formula is C10H14N2O. The second-order valence-electron chi connectivity index (χ2n) is 3.32. The summed E-state index contributed by atoms with van der Waals surface area (Å²) < 4.78 is 0. The molecule has 3 nitrogen and oxygen atoms in total. The Labute approximate surface area is 78.0 Å². The number of nitrogens with zero attached hydrogens (tertiary/aromatic N) is 2. The molecule has 2 rings (SSSR count). The molecule has 0 aromatic carbocycles. The van der Waals surface area contributed by atoms with E-state index in [1.165, 1.54) is 11.3 Å². The van der Waals surface area contributed by atoms with Crippen LogP contribution in [-0.2, 0) is 6.42 Å². The van der Waals surface area contributed by atoms with E-state index in [1.807, 2.05) is 12.4 Å². The minimum atomic E-state index is 0.275. The van der Waals surface area contributed by atoms with E-state index in [9.17, 15) is 0 Å². The molecule has 0 atom stereocenters. The Bertz CT molecular complexity index is 288.